The van der Waals surface area contributed by atoms with Crippen molar-refractivity contribution in [2.75, 3.05) is 19.6 Å². The maximum absolute atomic E-state index is 4.56. The van der Waals surface area contributed by atoms with Gasteiger partial charge in [-0.2, -0.15) is 0 Å². The molecular formula is C14H27N3. The molecule has 0 spiro atoms. The first-order valence-corrected chi connectivity index (χ1v) is 7.00. The van der Waals surface area contributed by atoms with Gasteiger partial charge in [-0.1, -0.05) is 31.8 Å². The number of aliphatic imine (C=N–C) groups is 1. The van der Waals surface area contributed by atoms with Crippen molar-refractivity contribution >= 4 is 5.96 Å². The summed E-state index contributed by atoms with van der Waals surface area (Å²) < 4.78 is 0. The van der Waals surface area contributed by atoms with E-state index in [-0.39, 0.29) is 0 Å². The van der Waals surface area contributed by atoms with Crippen molar-refractivity contribution < 1.29 is 0 Å². The predicted molar refractivity (Wildman–Crippen MR) is 75.4 cm³/mol. The van der Waals surface area contributed by atoms with E-state index in [1.54, 1.807) is 0 Å². The van der Waals surface area contributed by atoms with Crippen molar-refractivity contribution in [3.8, 4) is 0 Å². The van der Waals surface area contributed by atoms with Gasteiger partial charge >= 0.3 is 0 Å². The SMILES string of the molecule is C=CCNC(=NCCCC1CCCC1)NCC. The molecule has 0 radical (unpaired) electrons. The summed E-state index contributed by atoms with van der Waals surface area (Å²) in [5, 5.41) is 6.46. The maximum atomic E-state index is 4.56. The van der Waals surface area contributed by atoms with Gasteiger partial charge in [-0.25, -0.2) is 0 Å². The van der Waals surface area contributed by atoms with E-state index in [1.165, 1.54) is 38.5 Å². The molecule has 0 heterocycles. The van der Waals surface area contributed by atoms with Crippen LogP contribution in [0.4, 0.5) is 0 Å². The quantitative estimate of drug-likeness (QED) is 0.309. The van der Waals surface area contributed by atoms with E-state index in [2.05, 4.69) is 29.1 Å². The fourth-order valence-electron chi connectivity index (χ4n) is 2.38. The van der Waals surface area contributed by atoms with Gasteiger partial charge in [0.25, 0.3) is 0 Å². The molecule has 2 N–H and O–H groups in total. The highest BCUT2D eigenvalue weighted by Gasteiger charge is 2.13. The molecule has 0 amide bonds. The lowest BCUT2D eigenvalue weighted by molar-refractivity contribution is 0.487. The first-order chi connectivity index (χ1) is 8.36. The molecule has 17 heavy (non-hydrogen) atoms. The maximum Gasteiger partial charge on any atom is 0.191 e. The van der Waals surface area contributed by atoms with Crippen LogP contribution >= 0.6 is 0 Å². The highest BCUT2D eigenvalue weighted by Crippen LogP contribution is 2.28. The van der Waals surface area contributed by atoms with E-state index in [1.807, 2.05) is 6.08 Å². The summed E-state index contributed by atoms with van der Waals surface area (Å²) in [6.45, 7) is 8.40. The molecule has 1 saturated carbocycles. The Morgan fingerprint density at radius 2 is 2.12 bits per heavy atom. The van der Waals surface area contributed by atoms with Crippen LogP contribution in [-0.4, -0.2) is 25.6 Å². The van der Waals surface area contributed by atoms with Gasteiger partial charge in [0.15, 0.2) is 5.96 Å². The van der Waals surface area contributed by atoms with Gasteiger partial charge in [0.1, 0.15) is 0 Å². The van der Waals surface area contributed by atoms with Gasteiger partial charge in [-0.3, -0.25) is 4.99 Å². The van der Waals surface area contributed by atoms with Crippen molar-refractivity contribution in [2.24, 2.45) is 10.9 Å². The van der Waals surface area contributed by atoms with Crippen molar-refractivity contribution in [3.05, 3.63) is 12.7 Å². The Morgan fingerprint density at radius 1 is 1.35 bits per heavy atom. The van der Waals surface area contributed by atoms with Crippen LogP contribution < -0.4 is 10.6 Å². The average Bonchev–Trinajstić information content (AvgIpc) is 2.84. The fraction of sp³-hybridized carbons (Fsp3) is 0.786. The number of hydrogen-bond donors (Lipinski definition) is 2. The second-order valence-electron chi connectivity index (χ2n) is 4.72. The Kier molecular flexibility index (Phi) is 7.52. The van der Waals surface area contributed by atoms with Gasteiger partial charge in [0, 0.05) is 19.6 Å². The zero-order chi connectivity index (χ0) is 12.3. The Bertz CT molecular complexity index is 230. The van der Waals surface area contributed by atoms with Crippen LogP contribution in [0.15, 0.2) is 17.6 Å². The van der Waals surface area contributed by atoms with E-state index < -0.39 is 0 Å². The highest BCUT2D eigenvalue weighted by molar-refractivity contribution is 5.79. The molecule has 0 bridgehead atoms. The third-order valence-corrected chi connectivity index (χ3v) is 3.27. The Hall–Kier alpha value is -0.990. The molecule has 1 aliphatic carbocycles. The molecule has 1 aliphatic rings. The molecule has 1 rings (SSSR count). The van der Waals surface area contributed by atoms with Crippen molar-refractivity contribution in [1.82, 2.24) is 10.6 Å². The van der Waals surface area contributed by atoms with Crippen LogP contribution in [0.2, 0.25) is 0 Å². The smallest absolute Gasteiger partial charge is 0.191 e. The number of hydrogen-bond acceptors (Lipinski definition) is 1. The van der Waals surface area contributed by atoms with Gasteiger partial charge in [0.2, 0.25) is 0 Å². The van der Waals surface area contributed by atoms with Gasteiger partial charge in [-0.15, -0.1) is 6.58 Å². The third kappa shape index (κ3) is 6.35. The molecule has 0 atom stereocenters. The molecule has 3 heteroatoms. The Balaban J connectivity index is 2.15. The monoisotopic (exact) mass is 237 g/mol. The lowest BCUT2D eigenvalue weighted by Gasteiger charge is -2.10. The molecule has 3 nitrogen and oxygen atoms in total. The van der Waals surface area contributed by atoms with Crippen molar-refractivity contribution in [2.45, 2.75) is 45.4 Å². The van der Waals surface area contributed by atoms with Gasteiger partial charge in [-0.05, 0) is 25.7 Å². The number of rotatable bonds is 7. The standard InChI is InChI=1S/C14H27N3/c1-3-11-16-14(15-4-2)17-12-7-10-13-8-5-6-9-13/h3,13H,1,4-12H2,2H3,(H2,15,16,17). The van der Waals surface area contributed by atoms with Crippen LogP contribution in [0.1, 0.15) is 45.4 Å². The molecule has 0 aromatic heterocycles. The topological polar surface area (TPSA) is 36.4 Å². The van der Waals surface area contributed by atoms with Crippen LogP contribution in [0.3, 0.4) is 0 Å². The van der Waals surface area contributed by atoms with E-state index in [0.29, 0.717) is 0 Å². The van der Waals surface area contributed by atoms with E-state index in [9.17, 15) is 0 Å². The summed E-state index contributed by atoms with van der Waals surface area (Å²) in [5.41, 5.74) is 0. The van der Waals surface area contributed by atoms with Crippen LogP contribution in [0.5, 0.6) is 0 Å². The number of guanidine groups is 1. The molecule has 0 aromatic carbocycles. The number of nitrogens with zero attached hydrogens (tertiary/aromatic N) is 1. The molecular weight excluding hydrogens is 210 g/mol. The second-order valence-corrected chi connectivity index (χ2v) is 4.72. The average molecular weight is 237 g/mol. The van der Waals surface area contributed by atoms with E-state index in [4.69, 9.17) is 0 Å². The lowest BCUT2D eigenvalue weighted by Crippen LogP contribution is -2.37. The molecule has 1 fully saturated rings. The summed E-state index contributed by atoms with van der Waals surface area (Å²) >= 11 is 0. The lowest BCUT2D eigenvalue weighted by atomic mass is 10.0. The summed E-state index contributed by atoms with van der Waals surface area (Å²) in [6, 6.07) is 0. The number of nitrogens with one attached hydrogen (secondary N) is 2. The van der Waals surface area contributed by atoms with Crippen LogP contribution in [0, 0.1) is 5.92 Å². The molecule has 98 valence electrons. The summed E-state index contributed by atoms with van der Waals surface area (Å²) in [5.74, 6) is 1.90. The van der Waals surface area contributed by atoms with Gasteiger partial charge in [0.05, 0.1) is 0 Å². The minimum absolute atomic E-state index is 0.772. The summed E-state index contributed by atoms with van der Waals surface area (Å²) in [4.78, 5) is 4.56. The summed E-state index contributed by atoms with van der Waals surface area (Å²) in [6.07, 6.45) is 10.2. The van der Waals surface area contributed by atoms with Crippen LogP contribution in [-0.2, 0) is 0 Å². The zero-order valence-corrected chi connectivity index (χ0v) is 11.2. The first-order valence-electron chi connectivity index (χ1n) is 7.00. The Labute approximate surface area is 106 Å². The molecule has 0 aliphatic heterocycles. The van der Waals surface area contributed by atoms with Crippen molar-refractivity contribution in [3.63, 3.8) is 0 Å². The molecule has 0 aromatic rings. The minimum atomic E-state index is 0.772. The molecule has 0 unspecified atom stereocenters. The largest absolute Gasteiger partial charge is 0.357 e. The van der Waals surface area contributed by atoms with Crippen molar-refractivity contribution in [1.29, 1.82) is 0 Å². The summed E-state index contributed by atoms with van der Waals surface area (Å²) in [7, 11) is 0. The second kappa shape index (κ2) is 9.08. The van der Waals surface area contributed by atoms with Crippen LogP contribution in [0.25, 0.3) is 0 Å². The predicted octanol–water partition coefficient (Wildman–Crippen LogP) is 2.70. The first kappa shape index (κ1) is 14.1. The highest BCUT2D eigenvalue weighted by atomic mass is 15.2. The minimum Gasteiger partial charge on any atom is -0.357 e. The molecule has 0 saturated heterocycles. The van der Waals surface area contributed by atoms with E-state index in [0.717, 1.165) is 31.5 Å². The van der Waals surface area contributed by atoms with E-state index >= 15 is 0 Å². The normalized spacial score (nSPS) is 17.1. The Morgan fingerprint density at radius 3 is 2.76 bits per heavy atom. The zero-order valence-electron chi connectivity index (χ0n) is 11.2. The van der Waals surface area contributed by atoms with Gasteiger partial charge < -0.3 is 10.6 Å². The fourth-order valence-corrected chi connectivity index (χ4v) is 2.38. The third-order valence-electron chi connectivity index (χ3n) is 3.27.